The molecule has 0 bridgehead atoms. The summed E-state index contributed by atoms with van der Waals surface area (Å²) in [6.45, 7) is 0. The van der Waals surface area contributed by atoms with Gasteiger partial charge in [-0.1, -0.05) is 0 Å². The summed E-state index contributed by atoms with van der Waals surface area (Å²) >= 11 is 0. The molecule has 5 heteroatoms. The van der Waals surface area contributed by atoms with E-state index in [-0.39, 0.29) is 17.0 Å². The quantitative estimate of drug-likeness (QED) is 0.555. The molecule has 0 aromatic heterocycles. The first kappa shape index (κ1) is 9.18. The Morgan fingerprint density at radius 1 is 1.54 bits per heavy atom. The van der Waals surface area contributed by atoms with E-state index in [1.807, 2.05) is 0 Å². The summed E-state index contributed by atoms with van der Waals surface area (Å²) in [5.41, 5.74) is -0.00204. The Balaban J connectivity index is 3.18. The maximum absolute atomic E-state index is 11.0. The van der Waals surface area contributed by atoms with Crippen molar-refractivity contribution < 1.29 is 14.6 Å². The van der Waals surface area contributed by atoms with Gasteiger partial charge >= 0.3 is 5.97 Å². The van der Waals surface area contributed by atoms with Gasteiger partial charge in [-0.05, 0) is 23.4 Å². The molecule has 0 unspecified atom stereocenters. The Kier molecular flexibility index (Phi) is 2.59. The zero-order valence-corrected chi connectivity index (χ0v) is 6.85. The van der Waals surface area contributed by atoms with E-state index in [2.05, 4.69) is 9.91 Å². The van der Waals surface area contributed by atoms with Crippen molar-refractivity contribution in [3.8, 4) is 5.75 Å². The summed E-state index contributed by atoms with van der Waals surface area (Å²) in [5, 5.41) is 11.8. The number of nitroso groups, excluding NO2 is 1. The van der Waals surface area contributed by atoms with Gasteiger partial charge in [-0.25, -0.2) is 4.79 Å². The molecule has 0 saturated carbocycles. The minimum absolute atomic E-state index is 0.0678. The maximum atomic E-state index is 11.0. The third kappa shape index (κ3) is 1.81. The summed E-state index contributed by atoms with van der Waals surface area (Å²) in [5.74, 6) is -0.942. The van der Waals surface area contributed by atoms with Crippen LogP contribution in [0.25, 0.3) is 0 Å². The highest BCUT2D eigenvalue weighted by atomic mass is 16.5. The highest BCUT2D eigenvalue weighted by molar-refractivity contribution is 5.93. The molecule has 13 heavy (non-hydrogen) atoms. The van der Waals surface area contributed by atoms with Gasteiger partial charge in [-0.3, -0.25) is 0 Å². The van der Waals surface area contributed by atoms with Gasteiger partial charge in [0.15, 0.2) is 0 Å². The van der Waals surface area contributed by atoms with Crippen LogP contribution in [0.5, 0.6) is 5.75 Å². The van der Waals surface area contributed by atoms with E-state index in [1.165, 1.54) is 19.2 Å². The van der Waals surface area contributed by atoms with E-state index >= 15 is 0 Å². The van der Waals surface area contributed by atoms with Crippen LogP contribution in [0.2, 0.25) is 0 Å². The Morgan fingerprint density at radius 3 is 2.77 bits per heavy atom. The van der Waals surface area contributed by atoms with Gasteiger partial charge in [0.2, 0.25) is 0 Å². The van der Waals surface area contributed by atoms with Crippen LogP contribution in [0.15, 0.2) is 23.4 Å². The molecule has 1 aromatic rings. The number of esters is 1. The third-order valence-electron chi connectivity index (χ3n) is 1.49. The van der Waals surface area contributed by atoms with Crippen molar-refractivity contribution in [2.24, 2.45) is 5.18 Å². The van der Waals surface area contributed by atoms with Crippen LogP contribution in [-0.2, 0) is 4.74 Å². The SMILES string of the molecule is COC(=O)c1cc(N=O)ccc1O. The van der Waals surface area contributed by atoms with Crippen LogP contribution >= 0.6 is 0 Å². The Bertz CT molecular complexity index is 348. The molecule has 5 nitrogen and oxygen atoms in total. The first-order chi connectivity index (χ1) is 6.19. The van der Waals surface area contributed by atoms with Crippen molar-refractivity contribution in [3.05, 3.63) is 28.7 Å². The molecule has 0 aliphatic heterocycles. The molecule has 0 fully saturated rings. The minimum Gasteiger partial charge on any atom is -0.507 e. The average molecular weight is 181 g/mol. The number of phenols is 1. The van der Waals surface area contributed by atoms with Gasteiger partial charge in [0.05, 0.1) is 7.11 Å². The van der Waals surface area contributed by atoms with E-state index in [9.17, 15) is 14.8 Å². The van der Waals surface area contributed by atoms with Gasteiger partial charge in [0.1, 0.15) is 17.0 Å². The van der Waals surface area contributed by atoms with Gasteiger partial charge in [-0.2, -0.15) is 0 Å². The van der Waals surface area contributed by atoms with Crippen molar-refractivity contribution in [3.63, 3.8) is 0 Å². The molecule has 1 rings (SSSR count). The van der Waals surface area contributed by atoms with Crippen molar-refractivity contribution in [1.29, 1.82) is 0 Å². The number of carbonyl (C=O) groups is 1. The molecule has 0 heterocycles. The molecule has 0 atom stereocenters. The smallest absolute Gasteiger partial charge is 0.341 e. The molecular weight excluding hydrogens is 174 g/mol. The van der Waals surface area contributed by atoms with Gasteiger partial charge in [0.25, 0.3) is 0 Å². The summed E-state index contributed by atoms with van der Waals surface area (Å²) in [4.78, 5) is 21.1. The molecule has 0 aliphatic carbocycles. The molecule has 0 amide bonds. The van der Waals surface area contributed by atoms with Crippen LogP contribution in [0, 0.1) is 4.91 Å². The second-order valence-corrected chi connectivity index (χ2v) is 2.28. The van der Waals surface area contributed by atoms with Crippen molar-refractivity contribution >= 4 is 11.7 Å². The second kappa shape index (κ2) is 3.66. The van der Waals surface area contributed by atoms with E-state index in [0.29, 0.717) is 0 Å². The summed E-state index contributed by atoms with van der Waals surface area (Å²) in [7, 11) is 1.18. The summed E-state index contributed by atoms with van der Waals surface area (Å²) < 4.78 is 4.37. The first-order valence-corrected chi connectivity index (χ1v) is 3.43. The number of benzene rings is 1. The molecule has 0 aliphatic rings. The predicted molar refractivity (Wildman–Crippen MR) is 44.9 cm³/mol. The maximum Gasteiger partial charge on any atom is 0.341 e. The van der Waals surface area contributed by atoms with Gasteiger partial charge in [0, 0.05) is 0 Å². The average Bonchev–Trinajstić information content (AvgIpc) is 2.17. The summed E-state index contributed by atoms with van der Waals surface area (Å²) in [6.07, 6.45) is 0. The van der Waals surface area contributed by atoms with Crippen LogP contribution < -0.4 is 0 Å². The third-order valence-corrected chi connectivity index (χ3v) is 1.49. The molecule has 1 aromatic carbocycles. The Labute approximate surface area is 73.9 Å². The van der Waals surface area contributed by atoms with E-state index in [0.717, 1.165) is 6.07 Å². The normalized spacial score (nSPS) is 9.31. The highest BCUT2D eigenvalue weighted by Crippen LogP contribution is 2.23. The van der Waals surface area contributed by atoms with Crippen LogP contribution in [0.1, 0.15) is 10.4 Å². The lowest BCUT2D eigenvalue weighted by Crippen LogP contribution is -2.00. The molecular formula is C8H7NO4. The van der Waals surface area contributed by atoms with Gasteiger partial charge < -0.3 is 9.84 Å². The van der Waals surface area contributed by atoms with Crippen molar-refractivity contribution in [2.75, 3.05) is 7.11 Å². The van der Waals surface area contributed by atoms with E-state index in [1.54, 1.807) is 0 Å². The molecule has 68 valence electrons. The predicted octanol–water partition coefficient (Wildman–Crippen LogP) is 1.58. The lowest BCUT2D eigenvalue weighted by molar-refractivity contribution is 0.0597. The number of methoxy groups -OCH3 is 1. The zero-order chi connectivity index (χ0) is 9.84. The number of nitrogens with zero attached hydrogens (tertiary/aromatic N) is 1. The lowest BCUT2D eigenvalue weighted by atomic mass is 10.2. The van der Waals surface area contributed by atoms with E-state index in [4.69, 9.17) is 0 Å². The van der Waals surface area contributed by atoms with Gasteiger partial charge in [-0.15, -0.1) is 4.91 Å². The monoisotopic (exact) mass is 181 g/mol. The topological polar surface area (TPSA) is 76.0 Å². The highest BCUT2D eigenvalue weighted by Gasteiger charge is 2.11. The van der Waals surface area contributed by atoms with Crippen molar-refractivity contribution in [2.45, 2.75) is 0 Å². The fraction of sp³-hybridized carbons (Fsp3) is 0.125. The fourth-order valence-corrected chi connectivity index (χ4v) is 0.854. The minimum atomic E-state index is -0.706. The fourth-order valence-electron chi connectivity index (χ4n) is 0.854. The largest absolute Gasteiger partial charge is 0.507 e. The van der Waals surface area contributed by atoms with Crippen LogP contribution in [0.3, 0.4) is 0 Å². The molecule has 0 saturated heterocycles. The number of hydrogen-bond donors (Lipinski definition) is 1. The standard InChI is InChI=1S/C8H7NO4/c1-13-8(11)6-4-5(9-12)2-3-7(6)10/h2-4,10H,1H3. The number of hydrogen-bond acceptors (Lipinski definition) is 5. The molecule has 0 spiro atoms. The Hall–Kier alpha value is -1.91. The molecule has 1 N–H and O–H groups in total. The van der Waals surface area contributed by atoms with Crippen LogP contribution in [0.4, 0.5) is 5.69 Å². The number of phenolic OH excluding ortho intramolecular Hbond substituents is 1. The number of rotatable bonds is 2. The number of aromatic hydroxyl groups is 1. The number of ether oxygens (including phenoxy) is 1. The number of carbonyl (C=O) groups excluding carboxylic acids is 1. The lowest BCUT2D eigenvalue weighted by Gasteiger charge is -2.01. The summed E-state index contributed by atoms with van der Waals surface area (Å²) in [6, 6.07) is 3.67. The molecule has 0 radical (unpaired) electrons. The first-order valence-electron chi connectivity index (χ1n) is 3.43. The van der Waals surface area contributed by atoms with Crippen LogP contribution in [-0.4, -0.2) is 18.2 Å². The van der Waals surface area contributed by atoms with Crippen molar-refractivity contribution in [1.82, 2.24) is 0 Å². The second-order valence-electron chi connectivity index (χ2n) is 2.28. The Morgan fingerprint density at radius 2 is 2.23 bits per heavy atom. The zero-order valence-electron chi connectivity index (χ0n) is 6.85. The van der Waals surface area contributed by atoms with E-state index < -0.39 is 5.97 Å².